The molecule has 0 aliphatic heterocycles. The van der Waals surface area contributed by atoms with E-state index in [-0.39, 0.29) is 5.54 Å². The second-order valence-electron chi connectivity index (χ2n) is 5.38. The third-order valence-electron chi connectivity index (χ3n) is 3.92. The fourth-order valence-corrected chi connectivity index (χ4v) is 3.10. The SMILES string of the molecule is NC1(c2cccc(OCC3CC3)c2Br)CCC1. The summed E-state index contributed by atoms with van der Waals surface area (Å²) in [4.78, 5) is 0. The Morgan fingerprint density at radius 3 is 2.71 bits per heavy atom. The van der Waals surface area contributed by atoms with Crippen molar-refractivity contribution in [3.63, 3.8) is 0 Å². The smallest absolute Gasteiger partial charge is 0.133 e. The topological polar surface area (TPSA) is 35.2 Å². The summed E-state index contributed by atoms with van der Waals surface area (Å²) < 4.78 is 6.92. The van der Waals surface area contributed by atoms with Crippen LogP contribution in [-0.4, -0.2) is 6.61 Å². The molecule has 0 saturated heterocycles. The van der Waals surface area contributed by atoms with E-state index in [0.717, 1.165) is 35.6 Å². The van der Waals surface area contributed by atoms with Gasteiger partial charge in [0.15, 0.2) is 0 Å². The van der Waals surface area contributed by atoms with Crippen molar-refractivity contribution in [3.8, 4) is 5.75 Å². The molecule has 0 spiro atoms. The Morgan fingerprint density at radius 2 is 2.12 bits per heavy atom. The maximum atomic E-state index is 6.38. The van der Waals surface area contributed by atoms with Crippen LogP contribution in [0.15, 0.2) is 22.7 Å². The van der Waals surface area contributed by atoms with Crippen molar-refractivity contribution >= 4 is 15.9 Å². The molecule has 0 radical (unpaired) electrons. The van der Waals surface area contributed by atoms with Gasteiger partial charge in [-0.15, -0.1) is 0 Å². The predicted octanol–water partition coefficient (Wildman–Crippen LogP) is 3.58. The largest absolute Gasteiger partial charge is 0.492 e. The molecule has 0 aromatic heterocycles. The summed E-state index contributed by atoms with van der Waals surface area (Å²) in [5.74, 6) is 1.73. The number of hydrogen-bond donors (Lipinski definition) is 1. The summed E-state index contributed by atoms with van der Waals surface area (Å²) in [6.07, 6.45) is 6.03. The number of nitrogens with two attached hydrogens (primary N) is 1. The van der Waals surface area contributed by atoms with Gasteiger partial charge in [-0.05, 0) is 65.6 Å². The number of hydrogen-bond acceptors (Lipinski definition) is 2. The van der Waals surface area contributed by atoms with Crippen molar-refractivity contribution in [2.24, 2.45) is 11.7 Å². The first-order valence-corrected chi connectivity index (χ1v) is 7.19. The van der Waals surface area contributed by atoms with Crippen molar-refractivity contribution in [2.45, 2.75) is 37.6 Å². The molecule has 0 unspecified atom stereocenters. The Morgan fingerprint density at radius 1 is 1.35 bits per heavy atom. The zero-order chi connectivity index (χ0) is 11.9. The van der Waals surface area contributed by atoms with Crippen LogP contribution >= 0.6 is 15.9 Å². The van der Waals surface area contributed by atoms with Gasteiger partial charge in [0.05, 0.1) is 11.1 Å². The van der Waals surface area contributed by atoms with E-state index in [9.17, 15) is 0 Å². The summed E-state index contributed by atoms with van der Waals surface area (Å²) in [6, 6.07) is 6.19. The van der Waals surface area contributed by atoms with E-state index in [1.807, 2.05) is 6.07 Å². The summed E-state index contributed by atoms with van der Waals surface area (Å²) in [7, 11) is 0. The Labute approximate surface area is 111 Å². The molecule has 17 heavy (non-hydrogen) atoms. The number of rotatable bonds is 4. The van der Waals surface area contributed by atoms with E-state index in [1.54, 1.807) is 0 Å². The fourth-order valence-electron chi connectivity index (χ4n) is 2.33. The van der Waals surface area contributed by atoms with E-state index in [0.29, 0.717) is 0 Å². The van der Waals surface area contributed by atoms with Crippen LogP contribution in [0.1, 0.15) is 37.7 Å². The first-order chi connectivity index (χ1) is 8.19. The molecule has 2 N–H and O–H groups in total. The van der Waals surface area contributed by atoms with Gasteiger partial charge in [-0.25, -0.2) is 0 Å². The molecule has 2 fully saturated rings. The lowest BCUT2D eigenvalue weighted by Gasteiger charge is -2.39. The Kier molecular flexibility index (Phi) is 2.91. The zero-order valence-electron chi connectivity index (χ0n) is 9.92. The van der Waals surface area contributed by atoms with E-state index < -0.39 is 0 Å². The van der Waals surface area contributed by atoms with Crippen LogP contribution in [0.4, 0.5) is 0 Å². The van der Waals surface area contributed by atoms with Gasteiger partial charge in [0.2, 0.25) is 0 Å². The van der Waals surface area contributed by atoms with Gasteiger partial charge in [0.25, 0.3) is 0 Å². The second kappa shape index (κ2) is 4.29. The highest BCUT2D eigenvalue weighted by molar-refractivity contribution is 9.10. The van der Waals surface area contributed by atoms with Crippen LogP contribution in [0.25, 0.3) is 0 Å². The average molecular weight is 296 g/mol. The number of halogens is 1. The van der Waals surface area contributed by atoms with Crippen molar-refractivity contribution in [1.29, 1.82) is 0 Å². The minimum Gasteiger partial charge on any atom is -0.492 e. The molecule has 3 rings (SSSR count). The molecule has 2 nitrogen and oxygen atoms in total. The van der Waals surface area contributed by atoms with Crippen molar-refractivity contribution < 1.29 is 4.74 Å². The van der Waals surface area contributed by atoms with Gasteiger partial charge in [0, 0.05) is 5.54 Å². The lowest BCUT2D eigenvalue weighted by molar-refractivity contribution is 0.249. The zero-order valence-corrected chi connectivity index (χ0v) is 11.5. The molecule has 0 heterocycles. The Bertz CT molecular complexity index is 424. The molecule has 92 valence electrons. The number of ether oxygens (including phenoxy) is 1. The minimum absolute atomic E-state index is 0.127. The van der Waals surface area contributed by atoms with Crippen LogP contribution in [0.2, 0.25) is 0 Å². The van der Waals surface area contributed by atoms with E-state index >= 15 is 0 Å². The lowest BCUT2D eigenvalue weighted by Crippen LogP contribution is -2.43. The second-order valence-corrected chi connectivity index (χ2v) is 6.17. The van der Waals surface area contributed by atoms with Gasteiger partial charge in [-0.3, -0.25) is 0 Å². The maximum absolute atomic E-state index is 6.38. The van der Waals surface area contributed by atoms with Gasteiger partial charge in [-0.1, -0.05) is 12.1 Å². The van der Waals surface area contributed by atoms with Crippen molar-refractivity contribution in [1.82, 2.24) is 0 Å². The lowest BCUT2D eigenvalue weighted by atomic mass is 9.73. The summed E-state index contributed by atoms with van der Waals surface area (Å²) in [6.45, 7) is 0.847. The predicted molar refractivity (Wildman–Crippen MR) is 72.1 cm³/mol. The van der Waals surface area contributed by atoms with E-state index in [2.05, 4.69) is 28.1 Å². The van der Waals surface area contributed by atoms with Gasteiger partial charge >= 0.3 is 0 Å². The van der Waals surface area contributed by atoms with Crippen LogP contribution < -0.4 is 10.5 Å². The maximum Gasteiger partial charge on any atom is 0.133 e. The Hall–Kier alpha value is -0.540. The number of benzene rings is 1. The third-order valence-corrected chi connectivity index (χ3v) is 4.73. The third kappa shape index (κ3) is 2.23. The molecular formula is C14H18BrNO. The highest BCUT2D eigenvalue weighted by Gasteiger charge is 2.36. The summed E-state index contributed by atoms with van der Waals surface area (Å²) in [5.41, 5.74) is 7.45. The summed E-state index contributed by atoms with van der Waals surface area (Å²) >= 11 is 3.66. The highest BCUT2D eigenvalue weighted by Crippen LogP contribution is 2.44. The van der Waals surface area contributed by atoms with Crippen molar-refractivity contribution in [3.05, 3.63) is 28.2 Å². The quantitative estimate of drug-likeness (QED) is 0.921. The van der Waals surface area contributed by atoms with E-state index in [4.69, 9.17) is 10.5 Å². The highest BCUT2D eigenvalue weighted by atomic mass is 79.9. The minimum atomic E-state index is -0.127. The van der Waals surface area contributed by atoms with Crippen molar-refractivity contribution in [2.75, 3.05) is 6.61 Å². The molecule has 3 heteroatoms. The molecule has 2 saturated carbocycles. The van der Waals surface area contributed by atoms with Crippen LogP contribution in [0.3, 0.4) is 0 Å². The van der Waals surface area contributed by atoms with Gasteiger partial charge in [-0.2, -0.15) is 0 Å². The monoisotopic (exact) mass is 295 g/mol. The molecule has 2 aliphatic carbocycles. The molecule has 1 aromatic carbocycles. The molecule has 0 bridgehead atoms. The van der Waals surface area contributed by atoms with Crippen LogP contribution in [0.5, 0.6) is 5.75 Å². The van der Waals surface area contributed by atoms with E-state index in [1.165, 1.54) is 24.8 Å². The normalized spacial score (nSPS) is 22.0. The van der Waals surface area contributed by atoms with Gasteiger partial charge in [0.1, 0.15) is 5.75 Å². The molecular weight excluding hydrogens is 278 g/mol. The molecule has 1 aromatic rings. The average Bonchev–Trinajstić information content (AvgIpc) is 3.08. The first-order valence-electron chi connectivity index (χ1n) is 6.40. The summed E-state index contributed by atoms with van der Waals surface area (Å²) in [5, 5.41) is 0. The molecule has 0 atom stereocenters. The standard InChI is InChI=1S/C14H18BrNO/c15-13-11(14(16)7-2-8-14)3-1-4-12(13)17-9-10-5-6-10/h1,3-4,10H,2,5-9,16H2. The molecule has 2 aliphatic rings. The first kappa shape index (κ1) is 11.5. The fraction of sp³-hybridized carbons (Fsp3) is 0.571. The van der Waals surface area contributed by atoms with Crippen LogP contribution in [-0.2, 0) is 5.54 Å². The Balaban J connectivity index is 1.81. The van der Waals surface area contributed by atoms with Gasteiger partial charge < -0.3 is 10.5 Å². The van der Waals surface area contributed by atoms with Crippen LogP contribution in [0, 0.1) is 5.92 Å². The molecule has 0 amide bonds.